The number of rotatable bonds is 7. The number of hydrogen-bond acceptors (Lipinski definition) is 1. The van der Waals surface area contributed by atoms with Crippen molar-refractivity contribution in [3.8, 4) is 24.2 Å². The first kappa shape index (κ1) is 13.8. The summed E-state index contributed by atoms with van der Waals surface area (Å²) < 4.78 is 0. The number of carbonyl (C=O) groups excluding carboxylic acids is 1. The summed E-state index contributed by atoms with van der Waals surface area (Å²) in [6.07, 6.45) is 12.8. The molecule has 0 N–H and O–H groups in total. The van der Waals surface area contributed by atoms with Crippen LogP contribution in [-0.2, 0) is 4.79 Å². The Kier molecular flexibility index (Phi) is 9.99. The van der Waals surface area contributed by atoms with Crippen molar-refractivity contribution in [3.05, 3.63) is 0 Å². The largest absolute Gasteiger partial charge is 0.300 e. The molecule has 0 aromatic carbocycles. The summed E-state index contributed by atoms with van der Waals surface area (Å²) in [6, 6.07) is 0. The molecular weight excluding hydrogens is 184 g/mol. The van der Waals surface area contributed by atoms with Gasteiger partial charge in [0.2, 0.25) is 0 Å². The molecule has 1 heteroatoms. The standard InChI is InChI=1S/C14H20O/c1-3-4-5-6-7-8-9-10-11-12-13-14(2)15/h1H,4-7,10-13H2,2H3. The zero-order valence-electron chi connectivity index (χ0n) is 9.64. The van der Waals surface area contributed by atoms with Crippen LogP contribution >= 0.6 is 0 Å². The zero-order chi connectivity index (χ0) is 11.4. The first-order valence-electron chi connectivity index (χ1n) is 5.66. The topological polar surface area (TPSA) is 17.1 Å². The van der Waals surface area contributed by atoms with Gasteiger partial charge in [-0.1, -0.05) is 0 Å². The second-order valence-electron chi connectivity index (χ2n) is 3.67. The first-order chi connectivity index (χ1) is 7.27. The Bertz CT molecular complexity index is 259. The van der Waals surface area contributed by atoms with Gasteiger partial charge in [0.25, 0.3) is 0 Å². The maximum absolute atomic E-state index is 10.6. The van der Waals surface area contributed by atoms with E-state index >= 15 is 0 Å². The number of terminal acetylenes is 1. The Morgan fingerprint density at radius 1 is 1.00 bits per heavy atom. The van der Waals surface area contributed by atoms with Crippen molar-refractivity contribution in [2.45, 2.75) is 58.3 Å². The fourth-order valence-electron chi connectivity index (χ4n) is 1.20. The van der Waals surface area contributed by atoms with E-state index in [1.807, 2.05) is 0 Å². The Hall–Kier alpha value is -1.21. The lowest BCUT2D eigenvalue weighted by atomic mass is 10.1. The lowest BCUT2D eigenvalue weighted by molar-refractivity contribution is -0.117. The van der Waals surface area contributed by atoms with E-state index in [-0.39, 0.29) is 5.78 Å². The summed E-state index contributed by atoms with van der Waals surface area (Å²) >= 11 is 0. The Labute approximate surface area is 93.6 Å². The number of hydrogen-bond donors (Lipinski definition) is 0. The quantitative estimate of drug-likeness (QED) is 0.459. The molecule has 0 aromatic heterocycles. The van der Waals surface area contributed by atoms with Crippen LogP contribution in [0.5, 0.6) is 0 Å². The highest BCUT2D eigenvalue weighted by atomic mass is 16.1. The highest BCUT2D eigenvalue weighted by molar-refractivity contribution is 5.75. The molecule has 0 unspecified atom stereocenters. The minimum absolute atomic E-state index is 0.275. The predicted molar refractivity (Wildman–Crippen MR) is 64.2 cm³/mol. The predicted octanol–water partition coefficient (Wildman–Crippen LogP) is 3.33. The van der Waals surface area contributed by atoms with Crippen LogP contribution in [0, 0.1) is 24.2 Å². The Morgan fingerprint density at radius 2 is 1.53 bits per heavy atom. The molecule has 82 valence electrons. The molecule has 0 spiro atoms. The second kappa shape index (κ2) is 10.9. The summed E-state index contributed by atoms with van der Waals surface area (Å²) in [5, 5.41) is 0. The van der Waals surface area contributed by atoms with Gasteiger partial charge >= 0.3 is 0 Å². The van der Waals surface area contributed by atoms with Crippen LogP contribution in [0.4, 0.5) is 0 Å². The van der Waals surface area contributed by atoms with Gasteiger partial charge < -0.3 is 4.79 Å². The molecule has 0 aliphatic carbocycles. The van der Waals surface area contributed by atoms with Gasteiger partial charge in [-0.3, -0.25) is 0 Å². The molecule has 0 rings (SSSR count). The van der Waals surface area contributed by atoms with Gasteiger partial charge in [0.15, 0.2) is 0 Å². The summed E-state index contributed by atoms with van der Waals surface area (Å²) in [5.74, 6) is 9.14. The molecule has 0 aliphatic heterocycles. The number of ketones is 1. The van der Waals surface area contributed by atoms with Crippen LogP contribution in [0.3, 0.4) is 0 Å². The molecule has 0 aromatic rings. The van der Waals surface area contributed by atoms with Crippen LogP contribution in [0.25, 0.3) is 0 Å². The van der Waals surface area contributed by atoms with Crippen molar-refractivity contribution in [1.82, 2.24) is 0 Å². The molecular formula is C14H20O. The summed E-state index contributed by atoms with van der Waals surface area (Å²) in [4.78, 5) is 10.6. The van der Waals surface area contributed by atoms with E-state index in [2.05, 4.69) is 17.8 Å². The highest BCUT2D eigenvalue weighted by Crippen LogP contribution is 2.00. The molecule has 0 radical (unpaired) electrons. The highest BCUT2D eigenvalue weighted by Gasteiger charge is 1.91. The molecule has 1 nitrogen and oxygen atoms in total. The Balaban J connectivity index is 3.17. The number of unbranched alkanes of at least 4 members (excludes halogenated alkanes) is 5. The van der Waals surface area contributed by atoms with Gasteiger partial charge in [0, 0.05) is 25.7 Å². The van der Waals surface area contributed by atoms with E-state index in [1.54, 1.807) is 6.92 Å². The maximum atomic E-state index is 10.6. The molecule has 0 bridgehead atoms. The average molecular weight is 204 g/mol. The van der Waals surface area contributed by atoms with E-state index in [4.69, 9.17) is 6.42 Å². The van der Waals surface area contributed by atoms with Gasteiger partial charge in [-0.15, -0.1) is 24.2 Å². The third-order valence-electron chi connectivity index (χ3n) is 2.08. The molecule has 0 atom stereocenters. The van der Waals surface area contributed by atoms with Gasteiger partial charge in [-0.05, 0) is 32.6 Å². The van der Waals surface area contributed by atoms with E-state index in [0.717, 1.165) is 44.9 Å². The minimum Gasteiger partial charge on any atom is -0.300 e. The van der Waals surface area contributed by atoms with Gasteiger partial charge in [0.05, 0.1) is 0 Å². The average Bonchev–Trinajstić information content (AvgIpc) is 2.20. The van der Waals surface area contributed by atoms with Crippen molar-refractivity contribution < 1.29 is 4.79 Å². The molecule has 0 amide bonds. The van der Waals surface area contributed by atoms with Gasteiger partial charge in [-0.25, -0.2) is 0 Å². The summed E-state index contributed by atoms with van der Waals surface area (Å²) in [7, 11) is 0. The van der Waals surface area contributed by atoms with E-state index in [1.165, 1.54) is 0 Å². The van der Waals surface area contributed by atoms with Crippen molar-refractivity contribution in [3.63, 3.8) is 0 Å². The third-order valence-corrected chi connectivity index (χ3v) is 2.08. The van der Waals surface area contributed by atoms with Crippen molar-refractivity contribution >= 4 is 5.78 Å². The molecule has 0 heterocycles. The summed E-state index contributed by atoms with van der Waals surface area (Å²) in [6.45, 7) is 1.64. The Morgan fingerprint density at radius 3 is 2.07 bits per heavy atom. The fraction of sp³-hybridized carbons (Fsp3) is 0.643. The molecule has 15 heavy (non-hydrogen) atoms. The lowest BCUT2D eigenvalue weighted by Crippen LogP contribution is -1.88. The van der Waals surface area contributed by atoms with Crippen molar-refractivity contribution in [2.24, 2.45) is 0 Å². The zero-order valence-corrected chi connectivity index (χ0v) is 9.64. The SMILES string of the molecule is C#CCCCCC#CCCCCC(C)=O. The molecule has 0 saturated heterocycles. The molecule has 0 aliphatic rings. The van der Waals surface area contributed by atoms with Gasteiger partial charge in [0.1, 0.15) is 5.78 Å². The monoisotopic (exact) mass is 204 g/mol. The van der Waals surface area contributed by atoms with Crippen molar-refractivity contribution in [2.75, 3.05) is 0 Å². The van der Waals surface area contributed by atoms with Crippen LogP contribution in [0.15, 0.2) is 0 Å². The number of carbonyl (C=O) groups is 1. The summed E-state index contributed by atoms with van der Waals surface area (Å²) in [5.41, 5.74) is 0. The van der Waals surface area contributed by atoms with Gasteiger partial charge in [-0.2, -0.15) is 0 Å². The van der Waals surface area contributed by atoms with Crippen LogP contribution < -0.4 is 0 Å². The minimum atomic E-state index is 0.275. The maximum Gasteiger partial charge on any atom is 0.129 e. The van der Waals surface area contributed by atoms with Crippen LogP contribution in [0.1, 0.15) is 58.3 Å². The normalized spacial score (nSPS) is 8.80. The second-order valence-corrected chi connectivity index (χ2v) is 3.67. The molecule has 0 fully saturated rings. The first-order valence-corrected chi connectivity index (χ1v) is 5.66. The molecule has 0 saturated carbocycles. The van der Waals surface area contributed by atoms with E-state index in [9.17, 15) is 4.79 Å². The van der Waals surface area contributed by atoms with Crippen LogP contribution in [0.2, 0.25) is 0 Å². The van der Waals surface area contributed by atoms with Crippen LogP contribution in [-0.4, -0.2) is 5.78 Å². The smallest absolute Gasteiger partial charge is 0.129 e. The third kappa shape index (κ3) is 12.8. The van der Waals surface area contributed by atoms with E-state index in [0.29, 0.717) is 6.42 Å². The number of Topliss-reactive ketones (excluding diaryl/α,β-unsaturated/α-hetero) is 1. The van der Waals surface area contributed by atoms with Crippen molar-refractivity contribution in [1.29, 1.82) is 0 Å². The van der Waals surface area contributed by atoms with E-state index < -0.39 is 0 Å². The lowest BCUT2D eigenvalue weighted by Gasteiger charge is -1.92. The fourth-order valence-corrected chi connectivity index (χ4v) is 1.20.